The highest BCUT2D eigenvalue weighted by molar-refractivity contribution is 5.88. The van der Waals surface area contributed by atoms with Crippen molar-refractivity contribution in [1.29, 1.82) is 0 Å². The lowest BCUT2D eigenvalue weighted by atomic mass is 9.97. The first-order chi connectivity index (χ1) is 11.3. The van der Waals surface area contributed by atoms with Crippen molar-refractivity contribution in [3.8, 4) is 5.75 Å². The number of nitrogens with zero attached hydrogens (tertiary/aromatic N) is 1. The third-order valence-electron chi connectivity index (χ3n) is 4.49. The number of hydrogen-bond donors (Lipinski definition) is 2. The topological polar surface area (TPSA) is 44.7 Å². The molecule has 0 radical (unpaired) electrons. The lowest BCUT2D eigenvalue weighted by molar-refractivity contribution is 0.134. The molecule has 0 bridgehead atoms. The van der Waals surface area contributed by atoms with Crippen LogP contribution in [0.2, 0.25) is 0 Å². The van der Waals surface area contributed by atoms with E-state index in [2.05, 4.69) is 28.4 Å². The van der Waals surface area contributed by atoms with Crippen molar-refractivity contribution in [2.75, 3.05) is 39.3 Å². The van der Waals surface area contributed by atoms with Crippen molar-refractivity contribution in [2.45, 2.75) is 19.4 Å². The van der Waals surface area contributed by atoms with Crippen molar-refractivity contribution in [1.82, 2.24) is 10.2 Å². The summed E-state index contributed by atoms with van der Waals surface area (Å²) in [7, 11) is 0. The van der Waals surface area contributed by atoms with E-state index in [4.69, 9.17) is 4.74 Å². The van der Waals surface area contributed by atoms with Gasteiger partial charge in [0, 0.05) is 38.3 Å². The Morgan fingerprint density at radius 1 is 1.17 bits per heavy atom. The van der Waals surface area contributed by atoms with Crippen molar-refractivity contribution in [3.63, 3.8) is 0 Å². The molecular weight excluding hydrogens is 288 g/mol. The molecule has 4 heteroatoms. The first-order valence-corrected chi connectivity index (χ1v) is 8.55. The van der Waals surface area contributed by atoms with Gasteiger partial charge in [0.25, 0.3) is 0 Å². The highest BCUT2D eigenvalue weighted by Gasteiger charge is 2.19. The number of piperazine rings is 1. The zero-order chi connectivity index (χ0) is 16.1. The molecule has 1 atom stereocenters. The Hall–Kier alpha value is -1.62. The van der Waals surface area contributed by atoms with Crippen LogP contribution < -0.4 is 10.1 Å². The fourth-order valence-electron chi connectivity index (χ4n) is 3.28. The molecule has 0 spiro atoms. The molecule has 0 saturated carbocycles. The van der Waals surface area contributed by atoms with Gasteiger partial charge in [0.2, 0.25) is 0 Å². The summed E-state index contributed by atoms with van der Waals surface area (Å²) in [6, 6.07) is 12.2. The molecule has 1 aliphatic rings. The molecule has 3 rings (SSSR count). The number of hydrogen-bond acceptors (Lipinski definition) is 4. The number of nitrogens with one attached hydrogen (secondary N) is 1. The zero-order valence-electron chi connectivity index (χ0n) is 13.8. The van der Waals surface area contributed by atoms with E-state index in [1.54, 1.807) is 0 Å². The summed E-state index contributed by atoms with van der Waals surface area (Å²) in [5.74, 6) is 0.805. The van der Waals surface area contributed by atoms with Crippen LogP contribution in [0, 0.1) is 0 Å². The lowest BCUT2D eigenvalue weighted by Gasteiger charge is -2.28. The number of benzene rings is 2. The number of ether oxygens (including phenoxy) is 1. The molecule has 0 aromatic heterocycles. The summed E-state index contributed by atoms with van der Waals surface area (Å²) >= 11 is 0. The van der Waals surface area contributed by atoms with Crippen molar-refractivity contribution < 1.29 is 9.84 Å². The molecule has 1 fully saturated rings. The average Bonchev–Trinajstić information content (AvgIpc) is 2.60. The quantitative estimate of drug-likeness (QED) is 0.860. The predicted octanol–water partition coefficient (Wildman–Crippen LogP) is 2.57. The minimum Gasteiger partial charge on any atom is -0.493 e. The van der Waals surface area contributed by atoms with Crippen LogP contribution in [0.15, 0.2) is 36.4 Å². The van der Waals surface area contributed by atoms with Gasteiger partial charge in [-0.15, -0.1) is 0 Å². The molecule has 1 aliphatic heterocycles. The minimum absolute atomic E-state index is 0.502. The van der Waals surface area contributed by atoms with Crippen LogP contribution in [0.3, 0.4) is 0 Å². The van der Waals surface area contributed by atoms with Crippen LogP contribution in [0.5, 0.6) is 5.75 Å². The molecule has 0 amide bonds. The SMILES string of the molecule is CCOc1ccc2ccccc2c1C(O)CCN1CCNCC1. The molecule has 1 unspecified atom stereocenters. The van der Waals surface area contributed by atoms with E-state index >= 15 is 0 Å². The van der Waals surface area contributed by atoms with Crippen LogP contribution in [-0.4, -0.2) is 49.3 Å². The first kappa shape index (κ1) is 16.2. The van der Waals surface area contributed by atoms with Gasteiger partial charge in [-0.2, -0.15) is 0 Å². The molecule has 1 saturated heterocycles. The highest BCUT2D eigenvalue weighted by Crippen LogP contribution is 2.34. The summed E-state index contributed by atoms with van der Waals surface area (Å²) in [5, 5.41) is 16.4. The van der Waals surface area contributed by atoms with Gasteiger partial charge in [-0.3, -0.25) is 0 Å². The number of rotatable bonds is 6. The molecule has 23 heavy (non-hydrogen) atoms. The Morgan fingerprint density at radius 3 is 2.74 bits per heavy atom. The number of fused-ring (bicyclic) bond motifs is 1. The molecule has 124 valence electrons. The third-order valence-corrected chi connectivity index (χ3v) is 4.49. The van der Waals surface area contributed by atoms with E-state index in [-0.39, 0.29) is 0 Å². The fourth-order valence-corrected chi connectivity index (χ4v) is 3.28. The van der Waals surface area contributed by atoms with E-state index in [9.17, 15) is 5.11 Å². The van der Waals surface area contributed by atoms with Crippen molar-refractivity contribution in [2.24, 2.45) is 0 Å². The van der Waals surface area contributed by atoms with Crippen molar-refractivity contribution >= 4 is 10.8 Å². The van der Waals surface area contributed by atoms with E-state index in [1.165, 1.54) is 0 Å². The molecule has 4 nitrogen and oxygen atoms in total. The monoisotopic (exact) mass is 314 g/mol. The summed E-state index contributed by atoms with van der Waals surface area (Å²) in [4.78, 5) is 2.41. The van der Waals surface area contributed by atoms with E-state index in [1.807, 2.05) is 25.1 Å². The van der Waals surface area contributed by atoms with Crippen molar-refractivity contribution in [3.05, 3.63) is 42.0 Å². The van der Waals surface area contributed by atoms with E-state index < -0.39 is 6.10 Å². The third kappa shape index (κ3) is 3.83. The van der Waals surface area contributed by atoms with Gasteiger partial charge in [-0.1, -0.05) is 30.3 Å². The Kier molecular flexibility index (Phi) is 5.49. The smallest absolute Gasteiger partial charge is 0.125 e. The Bertz CT molecular complexity index is 638. The molecule has 0 aliphatic carbocycles. The maximum Gasteiger partial charge on any atom is 0.125 e. The molecule has 2 aromatic rings. The van der Waals surface area contributed by atoms with Gasteiger partial charge in [0.15, 0.2) is 0 Å². The molecule has 2 N–H and O–H groups in total. The maximum absolute atomic E-state index is 10.8. The van der Waals surface area contributed by atoms with Gasteiger partial charge in [0.1, 0.15) is 5.75 Å². The second-order valence-electron chi connectivity index (χ2n) is 6.03. The molecular formula is C19H26N2O2. The molecule has 2 aromatic carbocycles. The maximum atomic E-state index is 10.8. The number of aliphatic hydroxyl groups excluding tert-OH is 1. The van der Waals surface area contributed by atoms with Crippen LogP contribution in [-0.2, 0) is 0 Å². The van der Waals surface area contributed by atoms with Crippen LogP contribution in [0.4, 0.5) is 0 Å². The summed E-state index contributed by atoms with van der Waals surface area (Å²) in [6.07, 6.45) is 0.228. The number of aliphatic hydroxyl groups is 1. The van der Waals surface area contributed by atoms with Crippen LogP contribution >= 0.6 is 0 Å². The Balaban J connectivity index is 1.82. The second-order valence-corrected chi connectivity index (χ2v) is 6.03. The minimum atomic E-state index is -0.502. The first-order valence-electron chi connectivity index (χ1n) is 8.55. The Morgan fingerprint density at radius 2 is 1.96 bits per heavy atom. The predicted molar refractivity (Wildman–Crippen MR) is 94.0 cm³/mol. The highest BCUT2D eigenvalue weighted by atomic mass is 16.5. The van der Waals surface area contributed by atoms with E-state index in [0.29, 0.717) is 6.61 Å². The Labute approximate surface area is 138 Å². The average molecular weight is 314 g/mol. The van der Waals surface area contributed by atoms with Crippen LogP contribution in [0.25, 0.3) is 10.8 Å². The summed E-state index contributed by atoms with van der Waals surface area (Å²) in [5.41, 5.74) is 0.931. The lowest BCUT2D eigenvalue weighted by Crippen LogP contribution is -2.44. The van der Waals surface area contributed by atoms with E-state index in [0.717, 1.165) is 61.2 Å². The van der Waals surface area contributed by atoms with Gasteiger partial charge < -0.3 is 20.1 Å². The molecule has 1 heterocycles. The second kappa shape index (κ2) is 7.77. The van der Waals surface area contributed by atoms with Gasteiger partial charge >= 0.3 is 0 Å². The summed E-state index contributed by atoms with van der Waals surface area (Å²) < 4.78 is 5.77. The summed E-state index contributed by atoms with van der Waals surface area (Å²) in [6.45, 7) is 7.68. The van der Waals surface area contributed by atoms with Crippen LogP contribution in [0.1, 0.15) is 25.0 Å². The zero-order valence-corrected chi connectivity index (χ0v) is 13.8. The van der Waals surface area contributed by atoms with Gasteiger partial charge in [-0.25, -0.2) is 0 Å². The fraction of sp³-hybridized carbons (Fsp3) is 0.474. The van der Waals surface area contributed by atoms with Gasteiger partial charge in [-0.05, 0) is 30.2 Å². The normalized spacial score (nSPS) is 17.3. The standard InChI is InChI=1S/C19H26N2O2/c1-2-23-18-8-7-15-5-3-4-6-16(15)19(18)17(22)9-12-21-13-10-20-11-14-21/h3-8,17,20,22H,2,9-14H2,1H3. The van der Waals surface area contributed by atoms with Gasteiger partial charge in [0.05, 0.1) is 12.7 Å². The largest absolute Gasteiger partial charge is 0.493 e.